The van der Waals surface area contributed by atoms with Gasteiger partial charge in [0.05, 0.1) is 0 Å². The summed E-state index contributed by atoms with van der Waals surface area (Å²) in [5, 5.41) is 13.2. The van der Waals surface area contributed by atoms with Crippen LogP contribution in [-0.2, 0) is 0 Å². The van der Waals surface area contributed by atoms with E-state index in [1.165, 1.54) is 16.8 Å². The highest BCUT2D eigenvalue weighted by molar-refractivity contribution is 6.31. The molecule has 2 N–H and O–H groups in total. The molecule has 8 heteroatoms. The quantitative estimate of drug-likeness (QED) is 0.673. The summed E-state index contributed by atoms with van der Waals surface area (Å²) < 4.78 is 6.77. The number of aryl methyl sites for hydroxylation is 1. The Hall–Kier alpha value is -2.90. The third-order valence-electron chi connectivity index (χ3n) is 3.93. The highest BCUT2D eigenvalue weighted by Crippen LogP contribution is 2.21. The summed E-state index contributed by atoms with van der Waals surface area (Å²) in [4.78, 5) is 28.7. The van der Waals surface area contributed by atoms with E-state index in [1.54, 1.807) is 36.4 Å². The zero-order valence-corrected chi connectivity index (χ0v) is 15.3. The fourth-order valence-electron chi connectivity index (χ4n) is 2.45. The second kappa shape index (κ2) is 8.20. The van der Waals surface area contributed by atoms with E-state index in [0.29, 0.717) is 16.4 Å². The third kappa shape index (κ3) is 4.45. The van der Waals surface area contributed by atoms with E-state index in [4.69, 9.17) is 16.3 Å². The van der Waals surface area contributed by atoms with E-state index >= 15 is 0 Å². The molecule has 1 aromatic carbocycles. The van der Waals surface area contributed by atoms with Gasteiger partial charge in [-0.05, 0) is 42.8 Å². The summed E-state index contributed by atoms with van der Waals surface area (Å²) in [5.74, 6) is -0.0357. The molecule has 0 bridgehead atoms. The molecule has 3 aromatic rings. The van der Waals surface area contributed by atoms with Gasteiger partial charge in [-0.25, -0.2) is 4.98 Å². The van der Waals surface area contributed by atoms with Crippen LogP contribution in [0.5, 0.6) is 5.75 Å². The van der Waals surface area contributed by atoms with E-state index in [0.717, 1.165) is 5.56 Å². The van der Waals surface area contributed by atoms with Gasteiger partial charge in [-0.1, -0.05) is 17.7 Å². The average Bonchev–Trinajstić information content (AvgIpc) is 2.67. The molecule has 0 saturated carbocycles. The molecule has 0 aliphatic carbocycles. The van der Waals surface area contributed by atoms with E-state index in [-0.39, 0.29) is 18.7 Å². The average molecular weight is 388 g/mol. The number of aliphatic hydroxyl groups excluding tert-OH is 1. The first-order valence-electron chi connectivity index (χ1n) is 8.27. The number of ether oxygens (including phenoxy) is 1. The van der Waals surface area contributed by atoms with E-state index in [1.807, 2.05) is 6.92 Å². The molecule has 0 saturated heterocycles. The first-order valence-corrected chi connectivity index (χ1v) is 8.65. The van der Waals surface area contributed by atoms with Gasteiger partial charge in [0.15, 0.2) is 0 Å². The first-order chi connectivity index (χ1) is 13.0. The fourth-order valence-corrected chi connectivity index (χ4v) is 2.56. The number of pyridine rings is 1. The summed E-state index contributed by atoms with van der Waals surface area (Å²) in [5.41, 5.74) is 0.743. The molecule has 0 spiro atoms. The van der Waals surface area contributed by atoms with Crippen LogP contribution in [0.25, 0.3) is 5.65 Å². The lowest BCUT2D eigenvalue weighted by Crippen LogP contribution is -2.38. The molecule has 7 nitrogen and oxygen atoms in total. The van der Waals surface area contributed by atoms with Crippen molar-refractivity contribution in [1.29, 1.82) is 0 Å². The molecule has 2 aromatic heterocycles. The summed E-state index contributed by atoms with van der Waals surface area (Å²) in [6, 6.07) is 10.3. The van der Waals surface area contributed by atoms with Crippen molar-refractivity contribution >= 4 is 23.2 Å². The van der Waals surface area contributed by atoms with Gasteiger partial charge in [0.25, 0.3) is 11.5 Å². The van der Waals surface area contributed by atoms with E-state index in [9.17, 15) is 14.7 Å². The van der Waals surface area contributed by atoms with Crippen LogP contribution in [0.2, 0.25) is 5.02 Å². The number of benzene rings is 1. The topological polar surface area (TPSA) is 92.9 Å². The minimum Gasteiger partial charge on any atom is -0.491 e. The third-order valence-corrected chi connectivity index (χ3v) is 4.35. The molecule has 0 fully saturated rings. The van der Waals surface area contributed by atoms with E-state index in [2.05, 4.69) is 10.3 Å². The van der Waals surface area contributed by atoms with Crippen LogP contribution in [0.1, 0.15) is 15.9 Å². The molecule has 0 aliphatic heterocycles. The number of aliphatic hydroxyl groups is 1. The van der Waals surface area contributed by atoms with Crippen molar-refractivity contribution < 1.29 is 14.6 Å². The number of hydrogen-bond donors (Lipinski definition) is 2. The number of carbonyl (C=O) groups is 1. The van der Waals surface area contributed by atoms with Gasteiger partial charge in [0, 0.05) is 24.0 Å². The maximum atomic E-state index is 12.3. The van der Waals surface area contributed by atoms with Crippen LogP contribution in [0.3, 0.4) is 0 Å². The van der Waals surface area contributed by atoms with Crippen molar-refractivity contribution in [3.05, 3.63) is 75.3 Å². The van der Waals surface area contributed by atoms with Crippen molar-refractivity contribution in [2.45, 2.75) is 13.0 Å². The van der Waals surface area contributed by atoms with Gasteiger partial charge >= 0.3 is 0 Å². The number of carbonyl (C=O) groups excluding carboxylic acids is 1. The fraction of sp³-hybridized carbons (Fsp3) is 0.211. The Kier molecular flexibility index (Phi) is 5.73. The minimum atomic E-state index is -0.943. The number of nitrogens with zero attached hydrogens (tertiary/aromatic N) is 2. The number of halogens is 1. The number of hydrogen-bond acceptors (Lipinski definition) is 5. The van der Waals surface area contributed by atoms with Gasteiger partial charge in [0.1, 0.15) is 29.7 Å². The van der Waals surface area contributed by atoms with Crippen LogP contribution >= 0.6 is 11.6 Å². The van der Waals surface area contributed by atoms with Gasteiger partial charge in [-0.2, -0.15) is 0 Å². The largest absolute Gasteiger partial charge is 0.491 e. The van der Waals surface area contributed by atoms with Gasteiger partial charge < -0.3 is 15.2 Å². The Balaban J connectivity index is 1.58. The molecular formula is C19H18ClN3O4. The molecule has 1 unspecified atom stereocenters. The predicted octanol–water partition coefficient (Wildman–Crippen LogP) is 1.83. The Labute approximate surface area is 160 Å². The lowest BCUT2D eigenvalue weighted by Gasteiger charge is -2.14. The number of nitrogens with one attached hydrogen (secondary N) is 1. The molecule has 27 heavy (non-hydrogen) atoms. The molecule has 1 atom stereocenters. The van der Waals surface area contributed by atoms with Gasteiger partial charge in [-0.15, -0.1) is 0 Å². The zero-order valence-electron chi connectivity index (χ0n) is 14.6. The molecule has 0 radical (unpaired) electrons. The Morgan fingerprint density at radius 2 is 2.19 bits per heavy atom. The second-order valence-corrected chi connectivity index (χ2v) is 6.40. The SMILES string of the molecule is Cc1cc(OCC(O)CNC(=O)c2cnc3ccccn3c2=O)ccc1Cl. The summed E-state index contributed by atoms with van der Waals surface area (Å²) in [7, 11) is 0. The maximum absolute atomic E-state index is 12.3. The maximum Gasteiger partial charge on any atom is 0.270 e. The minimum absolute atomic E-state index is 0.0176. The lowest BCUT2D eigenvalue weighted by atomic mass is 10.2. The summed E-state index contributed by atoms with van der Waals surface area (Å²) in [6.07, 6.45) is 1.83. The van der Waals surface area contributed by atoms with Gasteiger partial charge in [0.2, 0.25) is 0 Å². The first kappa shape index (κ1) is 18.9. The predicted molar refractivity (Wildman–Crippen MR) is 101 cm³/mol. The van der Waals surface area contributed by atoms with Crippen molar-refractivity contribution in [2.24, 2.45) is 0 Å². The second-order valence-electron chi connectivity index (χ2n) is 5.99. The molecule has 140 valence electrons. The molecule has 2 heterocycles. The molecule has 1 amide bonds. The standard InChI is InChI=1S/C19H18ClN3O4/c1-12-8-14(5-6-16(12)20)27-11-13(24)9-22-18(25)15-10-21-17-4-2-3-7-23(17)19(15)26/h2-8,10,13,24H,9,11H2,1H3,(H,22,25). The molecule has 0 aliphatic rings. The Bertz CT molecular complexity index is 1030. The van der Waals surface area contributed by atoms with Crippen molar-refractivity contribution in [3.63, 3.8) is 0 Å². The van der Waals surface area contributed by atoms with Gasteiger partial charge in [-0.3, -0.25) is 14.0 Å². The normalized spacial score (nSPS) is 12.0. The van der Waals surface area contributed by atoms with Crippen LogP contribution in [0.15, 0.2) is 53.6 Å². The lowest BCUT2D eigenvalue weighted by molar-refractivity contribution is 0.0842. The van der Waals surface area contributed by atoms with E-state index < -0.39 is 17.6 Å². The zero-order chi connectivity index (χ0) is 19.4. The summed E-state index contributed by atoms with van der Waals surface area (Å²) >= 11 is 5.95. The molecular weight excluding hydrogens is 370 g/mol. The number of aromatic nitrogens is 2. The van der Waals surface area contributed by atoms with Crippen LogP contribution in [-0.4, -0.2) is 39.7 Å². The van der Waals surface area contributed by atoms with Crippen molar-refractivity contribution in [1.82, 2.24) is 14.7 Å². The number of fused-ring (bicyclic) bond motifs is 1. The number of amides is 1. The Morgan fingerprint density at radius 1 is 1.37 bits per heavy atom. The van der Waals surface area contributed by atoms with Crippen LogP contribution in [0.4, 0.5) is 0 Å². The van der Waals surface area contributed by atoms with Crippen LogP contribution < -0.4 is 15.6 Å². The number of rotatable bonds is 6. The smallest absolute Gasteiger partial charge is 0.270 e. The summed E-state index contributed by atoms with van der Waals surface area (Å²) in [6.45, 7) is 1.76. The van der Waals surface area contributed by atoms with Crippen LogP contribution in [0, 0.1) is 6.92 Å². The highest BCUT2D eigenvalue weighted by Gasteiger charge is 2.15. The monoisotopic (exact) mass is 387 g/mol. The van der Waals surface area contributed by atoms with Crippen molar-refractivity contribution in [2.75, 3.05) is 13.2 Å². The Morgan fingerprint density at radius 3 is 2.96 bits per heavy atom. The highest BCUT2D eigenvalue weighted by atomic mass is 35.5. The van der Waals surface area contributed by atoms with Crippen molar-refractivity contribution in [3.8, 4) is 5.75 Å². The molecule has 3 rings (SSSR count).